The van der Waals surface area contributed by atoms with Crippen molar-refractivity contribution in [2.45, 2.75) is 51.2 Å². The van der Waals surface area contributed by atoms with Gasteiger partial charge in [0, 0.05) is 25.0 Å². The molecular weight excluding hydrogens is 230 g/mol. The van der Waals surface area contributed by atoms with Crippen molar-refractivity contribution in [2.24, 2.45) is 5.73 Å². The lowest BCUT2D eigenvalue weighted by Gasteiger charge is -2.40. The number of piperidine rings is 1. The summed E-state index contributed by atoms with van der Waals surface area (Å²) in [6.07, 6.45) is 6.84. The quantitative estimate of drug-likeness (QED) is 0.840. The number of aromatic nitrogens is 3. The molecule has 6 heteroatoms. The Labute approximate surface area is 107 Å². The zero-order valence-corrected chi connectivity index (χ0v) is 10.8. The molecule has 2 atom stereocenters. The van der Waals surface area contributed by atoms with Gasteiger partial charge in [0.1, 0.15) is 12.7 Å². The summed E-state index contributed by atoms with van der Waals surface area (Å²) < 4.78 is 1.68. The van der Waals surface area contributed by atoms with Gasteiger partial charge in [0.25, 0.3) is 0 Å². The molecule has 2 N–H and O–H groups in total. The number of carbonyl (C=O) groups is 1. The first-order valence-corrected chi connectivity index (χ1v) is 6.56. The molecule has 100 valence electrons. The fourth-order valence-corrected chi connectivity index (χ4v) is 2.66. The van der Waals surface area contributed by atoms with E-state index < -0.39 is 0 Å². The molecule has 0 bridgehead atoms. The number of likely N-dealkylation sites (tertiary alicyclic amines) is 1. The Morgan fingerprint density at radius 3 is 3.00 bits per heavy atom. The van der Waals surface area contributed by atoms with Crippen LogP contribution in [0.2, 0.25) is 0 Å². The van der Waals surface area contributed by atoms with Crippen LogP contribution in [0.15, 0.2) is 12.7 Å². The standard InChI is InChI=1S/C12H21N5O/c1-10-3-2-4-11(7-13)17(10)12(18)5-6-16-9-14-8-15-16/h8-11H,2-7,13H2,1H3. The van der Waals surface area contributed by atoms with Gasteiger partial charge in [0.05, 0.1) is 6.54 Å². The molecule has 0 radical (unpaired) electrons. The monoisotopic (exact) mass is 251 g/mol. The molecule has 2 unspecified atom stereocenters. The van der Waals surface area contributed by atoms with Crippen LogP contribution in [-0.4, -0.2) is 44.2 Å². The predicted molar refractivity (Wildman–Crippen MR) is 67.6 cm³/mol. The normalized spacial score (nSPS) is 24.2. The zero-order valence-electron chi connectivity index (χ0n) is 10.8. The van der Waals surface area contributed by atoms with Gasteiger partial charge >= 0.3 is 0 Å². The van der Waals surface area contributed by atoms with Crippen LogP contribution in [0.3, 0.4) is 0 Å². The molecule has 0 saturated carbocycles. The number of aryl methyl sites for hydroxylation is 1. The number of hydrogen-bond donors (Lipinski definition) is 1. The van der Waals surface area contributed by atoms with Crippen molar-refractivity contribution in [1.29, 1.82) is 0 Å². The lowest BCUT2D eigenvalue weighted by atomic mass is 9.96. The number of rotatable bonds is 4. The van der Waals surface area contributed by atoms with Gasteiger partial charge < -0.3 is 10.6 Å². The molecule has 1 aromatic rings. The van der Waals surface area contributed by atoms with E-state index in [2.05, 4.69) is 17.0 Å². The number of nitrogens with zero attached hydrogens (tertiary/aromatic N) is 4. The highest BCUT2D eigenvalue weighted by molar-refractivity contribution is 5.77. The highest BCUT2D eigenvalue weighted by Crippen LogP contribution is 2.23. The Kier molecular flexibility index (Phi) is 4.30. The van der Waals surface area contributed by atoms with Crippen molar-refractivity contribution < 1.29 is 4.79 Å². The van der Waals surface area contributed by atoms with Gasteiger partial charge in [-0.1, -0.05) is 0 Å². The van der Waals surface area contributed by atoms with Gasteiger partial charge in [-0.3, -0.25) is 9.48 Å². The second kappa shape index (κ2) is 5.95. The zero-order chi connectivity index (χ0) is 13.0. The summed E-state index contributed by atoms with van der Waals surface area (Å²) in [5.74, 6) is 0.174. The SMILES string of the molecule is CC1CCCC(CN)N1C(=O)CCn1cncn1. The summed E-state index contributed by atoms with van der Waals surface area (Å²) in [6.45, 7) is 3.24. The first kappa shape index (κ1) is 13.0. The lowest BCUT2D eigenvalue weighted by molar-refractivity contribution is -0.137. The topological polar surface area (TPSA) is 77.0 Å². The minimum atomic E-state index is 0.174. The second-order valence-corrected chi connectivity index (χ2v) is 4.88. The molecular formula is C12H21N5O. The van der Waals surface area contributed by atoms with Gasteiger partial charge in [0.2, 0.25) is 5.91 Å². The molecule has 2 rings (SSSR count). The molecule has 1 aromatic heterocycles. The molecule has 0 aliphatic carbocycles. The summed E-state index contributed by atoms with van der Waals surface area (Å²) >= 11 is 0. The number of nitrogens with two attached hydrogens (primary N) is 1. The molecule has 1 aliphatic rings. The molecule has 1 amide bonds. The van der Waals surface area contributed by atoms with Crippen LogP contribution in [0, 0.1) is 0 Å². The maximum absolute atomic E-state index is 12.3. The van der Waals surface area contributed by atoms with E-state index in [1.54, 1.807) is 11.0 Å². The van der Waals surface area contributed by atoms with Gasteiger partial charge in [-0.15, -0.1) is 0 Å². The highest BCUT2D eigenvalue weighted by Gasteiger charge is 2.30. The largest absolute Gasteiger partial charge is 0.336 e. The van der Waals surface area contributed by atoms with E-state index in [-0.39, 0.29) is 11.9 Å². The third-order valence-electron chi connectivity index (χ3n) is 3.61. The Balaban J connectivity index is 1.93. The molecule has 1 saturated heterocycles. The molecule has 1 aliphatic heterocycles. The van der Waals surface area contributed by atoms with Crippen molar-refractivity contribution in [3.63, 3.8) is 0 Å². The average Bonchev–Trinajstić information content (AvgIpc) is 2.88. The maximum atomic E-state index is 12.3. The van der Waals surface area contributed by atoms with E-state index in [1.165, 1.54) is 6.33 Å². The molecule has 0 spiro atoms. The van der Waals surface area contributed by atoms with Gasteiger partial charge in [-0.2, -0.15) is 5.10 Å². The Morgan fingerprint density at radius 2 is 2.33 bits per heavy atom. The highest BCUT2D eigenvalue weighted by atomic mass is 16.2. The Morgan fingerprint density at radius 1 is 1.50 bits per heavy atom. The minimum absolute atomic E-state index is 0.174. The summed E-state index contributed by atoms with van der Waals surface area (Å²) in [7, 11) is 0. The maximum Gasteiger partial charge on any atom is 0.224 e. The van der Waals surface area contributed by atoms with Crippen molar-refractivity contribution in [3.8, 4) is 0 Å². The number of hydrogen-bond acceptors (Lipinski definition) is 4. The smallest absolute Gasteiger partial charge is 0.224 e. The van der Waals surface area contributed by atoms with Crippen molar-refractivity contribution in [2.75, 3.05) is 6.54 Å². The van der Waals surface area contributed by atoms with E-state index in [0.717, 1.165) is 19.3 Å². The number of carbonyl (C=O) groups excluding carboxylic acids is 1. The molecule has 0 aromatic carbocycles. The summed E-state index contributed by atoms with van der Waals surface area (Å²) in [4.78, 5) is 18.1. The minimum Gasteiger partial charge on any atom is -0.336 e. The van der Waals surface area contributed by atoms with Crippen LogP contribution in [0.25, 0.3) is 0 Å². The fourth-order valence-electron chi connectivity index (χ4n) is 2.66. The fraction of sp³-hybridized carbons (Fsp3) is 0.750. The third-order valence-corrected chi connectivity index (χ3v) is 3.61. The summed E-state index contributed by atoms with van der Waals surface area (Å²) in [5.41, 5.74) is 5.76. The number of amides is 1. The van der Waals surface area contributed by atoms with Gasteiger partial charge in [0.15, 0.2) is 0 Å². The third kappa shape index (κ3) is 2.87. The van der Waals surface area contributed by atoms with E-state index in [9.17, 15) is 4.79 Å². The molecule has 1 fully saturated rings. The average molecular weight is 251 g/mol. The van der Waals surface area contributed by atoms with Gasteiger partial charge in [-0.05, 0) is 26.2 Å². The predicted octanol–water partition coefficient (Wildman–Crippen LogP) is 0.397. The first-order valence-electron chi connectivity index (χ1n) is 6.56. The van der Waals surface area contributed by atoms with Crippen LogP contribution in [0.4, 0.5) is 0 Å². The first-order chi connectivity index (χ1) is 8.72. The van der Waals surface area contributed by atoms with E-state index >= 15 is 0 Å². The molecule has 18 heavy (non-hydrogen) atoms. The van der Waals surface area contributed by atoms with E-state index in [1.807, 2.05) is 4.90 Å². The summed E-state index contributed by atoms with van der Waals surface area (Å²) in [5, 5.41) is 4.00. The van der Waals surface area contributed by atoms with Crippen LogP contribution >= 0.6 is 0 Å². The second-order valence-electron chi connectivity index (χ2n) is 4.88. The Hall–Kier alpha value is -1.43. The molecule has 2 heterocycles. The van der Waals surface area contributed by atoms with Crippen LogP contribution in [0.1, 0.15) is 32.6 Å². The van der Waals surface area contributed by atoms with Gasteiger partial charge in [-0.25, -0.2) is 4.98 Å². The van der Waals surface area contributed by atoms with Crippen LogP contribution < -0.4 is 5.73 Å². The summed E-state index contributed by atoms with van der Waals surface area (Å²) in [6, 6.07) is 0.507. The van der Waals surface area contributed by atoms with Crippen molar-refractivity contribution in [3.05, 3.63) is 12.7 Å². The van der Waals surface area contributed by atoms with E-state index in [4.69, 9.17) is 5.73 Å². The van der Waals surface area contributed by atoms with Crippen molar-refractivity contribution in [1.82, 2.24) is 19.7 Å². The molecule has 6 nitrogen and oxygen atoms in total. The Bertz CT molecular complexity index is 378. The lowest BCUT2D eigenvalue weighted by Crippen LogP contribution is -2.52. The van der Waals surface area contributed by atoms with Crippen LogP contribution in [-0.2, 0) is 11.3 Å². The van der Waals surface area contributed by atoms with E-state index in [0.29, 0.717) is 25.6 Å². The van der Waals surface area contributed by atoms with Crippen molar-refractivity contribution >= 4 is 5.91 Å². The van der Waals surface area contributed by atoms with Crippen LogP contribution in [0.5, 0.6) is 0 Å².